The van der Waals surface area contributed by atoms with Gasteiger partial charge >= 0.3 is 0 Å². The summed E-state index contributed by atoms with van der Waals surface area (Å²) in [5.41, 5.74) is 0.0885. The van der Waals surface area contributed by atoms with E-state index in [0.29, 0.717) is 18.7 Å². The van der Waals surface area contributed by atoms with Gasteiger partial charge in [-0.2, -0.15) is 0 Å². The molecule has 0 aromatic carbocycles. The minimum atomic E-state index is -0.285. The van der Waals surface area contributed by atoms with Crippen LogP contribution in [0.25, 0.3) is 0 Å². The molecule has 1 amide bonds. The number of amides is 1. The third-order valence-electron chi connectivity index (χ3n) is 2.59. The monoisotopic (exact) mass is 256 g/mol. The number of hydrogen-bond donors (Lipinski definition) is 2. The fourth-order valence-corrected chi connectivity index (χ4v) is 1.43. The van der Waals surface area contributed by atoms with Gasteiger partial charge in [0.05, 0.1) is 0 Å². The number of nitrogens with zero attached hydrogens (tertiary/aromatic N) is 1. The van der Waals surface area contributed by atoms with Crippen LogP contribution in [0.3, 0.4) is 0 Å². The Hall–Kier alpha value is -1.40. The van der Waals surface area contributed by atoms with E-state index in [1.807, 2.05) is 13.8 Å². The molecule has 0 saturated heterocycles. The molecule has 6 nitrogen and oxygen atoms in total. The van der Waals surface area contributed by atoms with Crippen LogP contribution in [-0.4, -0.2) is 36.4 Å². The minimum absolute atomic E-state index is 0.102. The van der Waals surface area contributed by atoms with Gasteiger partial charge in [0.15, 0.2) is 11.5 Å². The molecule has 0 atom stereocenters. The van der Waals surface area contributed by atoms with Crippen LogP contribution >= 0.6 is 0 Å². The van der Waals surface area contributed by atoms with Crippen molar-refractivity contribution in [2.75, 3.05) is 20.3 Å². The predicted octanol–water partition coefficient (Wildman–Crippen LogP) is 0.959. The molecule has 0 radical (unpaired) electrons. The van der Waals surface area contributed by atoms with E-state index in [1.165, 1.54) is 0 Å². The zero-order valence-corrected chi connectivity index (χ0v) is 11.0. The quantitative estimate of drug-likeness (QED) is 0.759. The van der Waals surface area contributed by atoms with Crippen LogP contribution < -0.4 is 5.32 Å². The summed E-state index contributed by atoms with van der Waals surface area (Å²) in [6, 6.07) is 1.55. The van der Waals surface area contributed by atoms with Crippen molar-refractivity contribution >= 4 is 5.91 Å². The van der Waals surface area contributed by atoms with Crippen LogP contribution in [0.15, 0.2) is 10.6 Å². The van der Waals surface area contributed by atoms with Gasteiger partial charge in [0.1, 0.15) is 6.61 Å². The number of aliphatic hydroxyl groups is 1. The Morgan fingerprint density at radius 1 is 1.61 bits per heavy atom. The Bertz CT molecular complexity index is 387. The smallest absolute Gasteiger partial charge is 0.273 e. The topological polar surface area (TPSA) is 84.6 Å². The van der Waals surface area contributed by atoms with Gasteiger partial charge in [-0.25, -0.2) is 0 Å². The molecule has 1 heterocycles. The van der Waals surface area contributed by atoms with Gasteiger partial charge in [0, 0.05) is 26.3 Å². The highest BCUT2D eigenvalue weighted by molar-refractivity contribution is 5.92. The van der Waals surface area contributed by atoms with Crippen molar-refractivity contribution in [1.29, 1.82) is 0 Å². The third kappa shape index (κ3) is 4.46. The molecule has 0 saturated carbocycles. The molecule has 1 aromatic heterocycles. The maximum atomic E-state index is 11.8. The van der Waals surface area contributed by atoms with Crippen LogP contribution in [0.5, 0.6) is 0 Å². The van der Waals surface area contributed by atoms with E-state index < -0.39 is 0 Å². The maximum absolute atomic E-state index is 11.8. The van der Waals surface area contributed by atoms with Crippen molar-refractivity contribution in [2.24, 2.45) is 5.41 Å². The fraction of sp³-hybridized carbons (Fsp3) is 0.667. The van der Waals surface area contributed by atoms with E-state index in [2.05, 4.69) is 10.5 Å². The predicted molar refractivity (Wildman–Crippen MR) is 65.0 cm³/mol. The first-order valence-electron chi connectivity index (χ1n) is 5.82. The highest BCUT2D eigenvalue weighted by atomic mass is 16.5. The van der Waals surface area contributed by atoms with Gasteiger partial charge in [-0.15, -0.1) is 0 Å². The molecule has 6 heteroatoms. The average Bonchev–Trinajstić information content (AvgIpc) is 2.75. The molecule has 0 spiro atoms. The zero-order chi connectivity index (χ0) is 13.6. The number of ether oxygens (including phenoxy) is 1. The van der Waals surface area contributed by atoms with E-state index >= 15 is 0 Å². The number of aliphatic hydroxyl groups excluding tert-OH is 1. The minimum Gasteiger partial charge on any atom is -0.396 e. The Labute approximate surface area is 106 Å². The summed E-state index contributed by atoms with van der Waals surface area (Å²) in [6.45, 7) is 4.81. The lowest BCUT2D eigenvalue weighted by molar-refractivity contribution is 0.0918. The second kappa shape index (κ2) is 6.51. The normalized spacial score (nSPS) is 11.6. The van der Waals surface area contributed by atoms with Crippen LogP contribution in [0.1, 0.15) is 36.5 Å². The van der Waals surface area contributed by atoms with Gasteiger partial charge in [0.2, 0.25) is 0 Å². The molecule has 102 valence electrons. The van der Waals surface area contributed by atoms with Gasteiger partial charge in [-0.1, -0.05) is 19.0 Å². The molecule has 0 unspecified atom stereocenters. The lowest BCUT2D eigenvalue weighted by Crippen LogP contribution is -2.34. The average molecular weight is 256 g/mol. The molecule has 0 aliphatic heterocycles. The Morgan fingerprint density at radius 2 is 2.33 bits per heavy atom. The van der Waals surface area contributed by atoms with Gasteiger partial charge in [-0.3, -0.25) is 4.79 Å². The number of methoxy groups -OCH3 is 1. The molecule has 0 fully saturated rings. The molecule has 1 rings (SSSR count). The summed E-state index contributed by atoms with van der Waals surface area (Å²) < 4.78 is 9.80. The van der Waals surface area contributed by atoms with E-state index in [9.17, 15) is 4.79 Å². The first-order valence-corrected chi connectivity index (χ1v) is 5.82. The molecule has 18 heavy (non-hydrogen) atoms. The summed E-state index contributed by atoms with van der Waals surface area (Å²) in [5, 5.41) is 15.3. The molecular weight excluding hydrogens is 236 g/mol. The third-order valence-corrected chi connectivity index (χ3v) is 2.59. The van der Waals surface area contributed by atoms with E-state index in [4.69, 9.17) is 14.4 Å². The second-order valence-electron chi connectivity index (χ2n) is 4.93. The molecular formula is C12H20N2O4. The van der Waals surface area contributed by atoms with Crippen LogP contribution in [-0.2, 0) is 11.3 Å². The van der Waals surface area contributed by atoms with E-state index in [1.54, 1.807) is 13.2 Å². The molecule has 0 aliphatic rings. The summed E-state index contributed by atoms with van der Waals surface area (Å²) in [6.07, 6.45) is 0.626. The molecule has 0 bridgehead atoms. The Balaban J connectivity index is 2.49. The summed E-state index contributed by atoms with van der Waals surface area (Å²) in [7, 11) is 1.54. The second-order valence-corrected chi connectivity index (χ2v) is 4.93. The van der Waals surface area contributed by atoms with Crippen molar-refractivity contribution in [3.8, 4) is 0 Å². The highest BCUT2D eigenvalue weighted by Gasteiger charge is 2.20. The molecule has 2 N–H and O–H groups in total. The maximum Gasteiger partial charge on any atom is 0.273 e. The lowest BCUT2D eigenvalue weighted by Gasteiger charge is -2.23. The van der Waals surface area contributed by atoms with Crippen molar-refractivity contribution < 1.29 is 19.2 Å². The number of hydrogen-bond acceptors (Lipinski definition) is 5. The highest BCUT2D eigenvalue weighted by Crippen LogP contribution is 2.18. The first-order chi connectivity index (χ1) is 8.48. The number of aromatic nitrogens is 1. The first kappa shape index (κ1) is 14.7. The van der Waals surface area contributed by atoms with Crippen molar-refractivity contribution in [3.05, 3.63) is 17.5 Å². The standard InChI is InChI=1S/C12H20N2O4/c1-12(2,4-5-15)8-13-11(16)10-6-9(7-17-3)18-14-10/h6,15H,4-5,7-8H2,1-3H3,(H,13,16). The largest absolute Gasteiger partial charge is 0.396 e. The molecule has 0 aliphatic carbocycles. The van der Waals surface area contributed by atoms with Crippen molar-refractivity contribution in [1.82, 2.24) is 10.5 Å². The molecule has 1 aromatic rings. The van der Waals surface area contributed by atoms with Crippen LogP contribution in [0.2, 0.25) is 0 Å². The Morgan fingerprint density at radius 3 is 2.94 bits per heavy atom. The van der Waals surface area contributed by atoms with Gasteiger partial charge in [-0.05, 0) is 11.8 Å². The number of nitrogens with one attached hydrogen (secondary N) is 1. The van der Waals surface area contributed by atoms with Gasteiger partial charge < -0.3 is 19.7 Å². The number of carbonyl (C=O) groups excluding carboxylic acids is 1. The van der Waals surface area contributed by atoms with Crippen molar-refractivity contribution in [3.63, 3.8) is 0 Å². The van der Waals surface area contributed by atoms with Crippen molar-refractivity contribution in [2.45, 2.75) is 26.9 Å². The summed E-state index contributed by atoms with van der Waals surface area (Å²) in [5.74, 6) is 0.226. The fourth-order valence-electron chi connectivity index (χ4n) is 1.43. The van der Waals surface area contributed by atoms with E-state index in [0.717, 1.165) is 0 Å². The number of carbonyl (C=O) groups is 1. The SMILES string of the molecule is COCc1cc(C(=O)NCC(C)(C)CCO)no1. The lowest BCUT2D eigenvalue weighted by atomic mass is 9.90. The summed E-state index contributed by atoms with van der Waals surface area (Å²) >= 11 is 0. The number of rotatable bonds is 7. The van der Waals surface area contributed by atoms with Crippen LogP contribution in [0, 0.1) is 5.41 Å². The summed E-state index contributed by atoms with van der Waals surface area (Å²) in [4.78, 5) is 11.8. The van der Waals surface area contributed by atoms with E-state index in [-0.39, 0.29) is 30.2 Å². The zero-order valence-electron chi connectivity index (χ0n) is 11.0. The Kier molecular flexibility index (Phi) is 5.30. The van der Waals surface area contributed by atoms with Crippen LogP contribution in [0.4, 0.5) is 0 Å². The van der Waals surface area contributed by atoms with Gasteiger partial charge in [0.25, 0.3) is 5.91 Å².